The number of hydrogen-bond acceptors (Lipinski definition) is 2. The lowest BCUT2D eigenvalue weighted by Crippen LogP contribution is -2.46. The quantitative estimate of drug-likeness (QED) is 0.692. The number of benzene rings is 2. The molecule has 3 amide bonds. The third-order valence-corrected chi connectivity index (χ3v) is 4.55. The van der Waals surface area contributed by atoms with Crippen LogP contribution in [-0.2, 0) is 11.0 Å². The van der Waals surface area contributed by atoms with Crippen molar-refractivity contribution in [3.63, 3.8) is 0 Å². The summed E-state index contributed by atoms with van der Waals surface area (Å²) in [6.45, 7) is 1.49. The second-order valence-corrected chi connectivity index (χ2v) is 6.50. The third-order valence-electron chi connectivity index (χ3n) is 4.21. The topological polar surface area (TPSA) is 70.2 Å². The number of hydrogen-bond donors (Lipinski definition) is 3. The van der Waals surface area contributed by atoms with Gasteiger partial charge in [-0.2, -0.15) is 13.2 Å². The van der Waals surface area contributed by atoms with E-state index in [2.05, 4.69) is 16.0 Å². The summed E-state index contributed by atoms with van der Waals surface area (Å²) in [6.07, 6.45) is -4.63. The zero-order valence-electron chi connectivity index (χ0n) is 14.5. The molecule has 9 heteroatoms. The Bertz CT molecular complexity index is 973. The number of alkyl halides is 3. The highest BCUT2D eigenvalue weighted by Crippen LogP contribution is 2.36. The number of anilines is 1. The molecule has 3 rings (SSSR count). The zero-order chi connectivity index (χ0) is 20.5. The second-order valence-electron chi connectivity index (χ2n) is 6.09. The number of urea groups is 1. The first-order valence-electron chi connectivity index (χ1n) is 8.18. The van der Waals surface area contributed by atoms with Crippen molar-refractivity contribution in [1.82, 2.24) is 10.6 Å². The molecule has 1 atom stereocenters. The van der Waals surface area contributed by atoms with Crippen LogP contribution in [0.25, 0.3) is 0 Å². The van der Waals surface area contributed by atoms with Crippen molar-refractivity contribution in [3.8, 4) is 0 Å². The van der Waals surface area contributed by atoms with Crippen LogP contribution < -0.4 is 16.0 Å². The van der Waals surface area contributed by atoms with Crippen LogP contribution in [-0.4, -0.2) is 11.9 Å². The van der Waals surface area contributed by atoms with Gasteiger partial charge in [0, 0.05) is 10.7 Å². The van der Waals surface area contributed by atoms with E-state index >= 15 is 0 Å². The number of carbonyl (C=O) groups is 2. The van der Waals surface area contributed by atoms with Crippen LogP contribution in [0.2, 0.25) is 5.02 Å². The molecule has 1 aliphatic heterocycles. The molecular weight excluding hydrogens is 395 g/mol. The van der Waals surface area contributed by atoms with E-state index < -0.39 is 29.7 Å². The van der Waals surface area contributed by atoms with Crippen LogP contribution >= 0.6 is 11.6 Å². The first kappa shape index (κ1) is 19.8. The Morgan fingerprint density at radius 2 is 1.75 bits per heavy atom. The molecule has 0 aliphatic carbocycles. The summed E-state index contributed by atoms with van der Waals surface area (Å²) >= 11 is 6.19. The van der Waals surface area contributed by atoms with Crippen molar-refractivity contribution >= 4 is 29.2 Å². The molecule has 0 bridgehead atoms. The molecule has 5 nitrogen and oxygen atoms in total. The summed E-state index contributed by atoms with van der Waals surface area (Å²) in [7, 11) is 0. The van der Waals surface area contributed by atoms with E-state index in [0.29, 0.717) is 10.6 Å². The molecule has 1 heterocycles. The Balaban J connectivity index is 2.01. The maximum Gasteiger partial charge on any atom is 0.418 e. The summed E-state index contributed by atoms with van der Waals surface area (Å²) in [5.41, 5.74) is -0.619. The number of para-hydroxylation sites is 1. The molecule has 1 aliphatic rings. The molecule has 2 aromatic rings. The summed E-state index contributed by atoms with van der Waals surface area (Å²) in [4.78, 5) is 24.8. The molecule has 146 valence electrons. The average Bonchev–Trinajstić information content (AvgIpc) is 2.61. The van der Waals surface area contributed by atoms with E-state index in [9.17, 15) is 22.8 Å². The highest BCUT2D eigenvalue weighted by atomic mass is 35.5. The number of rotatable bonds is 3. The van der Waals surface area contributed by atoms with Gasteiger partial charge in [-0.25, -0.2) is 4.79 Å². The molecule has 0 aromatic heterocycles. The van der Waals surface area contributed by atoms with Crippen molar-refractivity contribution < 1.29 is 22.8 Å². The van der Waals surface area contributed by atoms with Crippen LogP contribution in [0.3, 0.4) is 0 Å². The summed E-state index contributed by atoms with van der Waals surface area (Å²) in [5, 5.41) is 7.66. The molecule has 28 heavy (non-hydrogen) atoms. The zero-order valence-corrected chi connectivity index (χ0v) is 15.3. The Kier molecular flexibility index (Phi) is 5.33. The van der Waals surface area contributed by atoms with Gasteiger partial charge in [0.15, 0.2) is 0 Å². The van der Waals surface area contributed by atoms with Gasteiger partial charge in [0.05, 0.1) is 22.9 Å². The van der Waals surface area contributed by atoms with Gasteiger partial charge in [-0.1, -0.05) is 41.9 Å². The van der Waals surface area contributed by atoms with Gasteiger partial charge in [-0.15, -0.1) is 0 Å². The Hall–Kier alpha value is -3.00. The molecule has 0 saturated heterocycles. The molecule has 0 radical (unpaired) electrons. The molecule has 3 N–H and O–H groups in total. The minimum absolute atomic E-state index is 0.0599. The number of carbonyl (C=O) groups excluding carboxylic acids is 2. The maximum atomic E-state index is 13.2. The lowest BCUT2D eigenvalue weighted by atomic mass is 9.94. The molecule has 2 aromatic carbocycles. The van der Waals surface area contributed by atoms with Gasteiger partial charge < -0.3 is 16.0 Å². The highest BCUT2D eigenvalue weighted by Gasteiger charge is 2.36. The van der Waals surface area contributed by atoms with E-state index in [1.165, 1.54) is 19.1 Å². The standard InChI is InChI=1S/C19H15ClF3N3O2/c1-10-15(16(26-18(28)24-10)11-6-2-4-8-13(11)20)17(27)25-14-9-5-3-7-12(14)19(21,22)23/h2-9,16H,1H3,(H,25,27)(H2,24,26,28)/t16-/m0/s1. The first-order chi connectivity index (χ1) is 13.2. The molecular formula is C19H15ClF3N3O2. The normalized spacial score (nSPS) is 17.0. The lowest BCUT2D eigenvalue weighted by molar-refractivity contribution is -0.137. The predicted octanol–water partition coefficient (Wildman–Crippen LogP) is 4.63. The van der Waals surface area contributed by atoms with E-state index in [1.54, 1.807) is 24.3 Å². The van der Waals surface area contributed by atoms with E-state index in [0.717, 1.165) is 12.1 Å². The van der Waals surface area contributed by atoms with Gasteiger partial charge in [0.25, 0.3) is 5.91 Å². The van der Waals surface area contributed by atoms with Gasteiger partial charge in [-0.3, -0.25) is 4.79 Å². The van der Waals surface area contributed by atoms with Crippen LogP contribution in [0, 0.1) is 0 Å². The van der Waals surface area contributed by atoms with E-state index in [1.807, 2.05) is 0 Å². The summed E-state index contributed by atoms with van der Waals surface area (Å²) in [5.74, 6) is -0.786. The van der Waals surface area contributed by atoms with Crippen molar-refractivity contribution in [2.75, 3.05) is 5.32 Å². The van der Waals surface area contributed by atoms with Gasteiger partial charge in [0.1, 0.15) is 0 Å². The Morgan fingerprint density at radius 1 is 1.11 bits per heavy atom. The van der Waals surface area contributed by atoms with Gasteiger partial charge >= 0.3 is 12.2 Å². The number of amides is 3. The largest absolute Gasteiger partial charge is 0.418 e. The van der Waals surface area contributed by atoms with Crippen LogP contribution in [0.15, 0.2) is 59.8 Å². The Morgan fingerprint density at radius 3 is 2.43 bits per heavy atom. The van der Waals surface area contributed by atoms with E-state index in [4.69, 9.17) is 11.6 Å². The lowest BCUT2D eigenvalue weighted by Gasteiger charge is -2.29. The number of allylic oxidation sites excluding steroid dienone is 1. The van der Waals surface area contributed by atoms with Gasteiger partial charge in [-0.05, 0) is 30.7 Å². The van der Waals surface area contributed by atoms with Crippen LogP contribution in [0.5, 0.6) is 0 Å². The molecule has 0 saturated carbocycles. The van der Waals surface area contributed by atoms with Gasteiger partial charge in [0.2, 0.25) is 0 Å². The SMILES string of the molecule is CC1=C(C(=O)Nc2ccccc2C(F)(F)F)[C@H](c2ccccc2Cl)NC(=O)N1. The fraction of sp³-hybridized carbons (Fsp3) is 0.158. The minimum Gasteiger partial charge on any atom is -0.327 e. The monoisotopic (exact) mass is 409 g/mol. The molecule has 0 spiro atoms. The van der Waals surface area contributed by atoms with Crippen molar-refractivity contribution in [2.24, 2.45) is 0 Å². The number of halogens is 4. The number of nitrogens with one attached hydrogen (secondary N) is 3. The second kappa shape index (κ2) is 7.55. The fourth-order valence-electron chi connectivity index (χ4n) is 2.97. The summed E-state index contributed by atoms with van der Waals surface area (Å²) < 4.78 is 39.6. The summed E-state index contributed by atoms with van der Waals surface area (Å²) in [6, 6.07) is 9.78. The minimum atomic E-state index is -4.63. The van der Waals surface area contributed by atoms with Crippen molar-refractivity contribution in [1.29, 1.82) is 0 Å². The van der Waals surface area contributed by atoms with E-state index in [-0.39, 0.29) is 17.0 Å². The van der Waals surface area contributed by atoms with Crippen LogP contribution in [0.1, 0.15) is 24.1 Å². The molecule has 0 unspecified atom stereocenters. The molecule has 0 fully saturated rings. The van der Waals surface area contributed by atoms with Crippen molar-refractivity contribution in [2.45, 2.75) is 19.1 Å². The highest BCUT2D eigenvalue weighted by molar-refractivity contribution is 6.31. The smallest absolute Gasteiger partial charge is 0.327 e. The maximum absolute atomic E-state index is 13.2. The fourth-order valence-corrected chi connectivity index (χ4v) is 3.21. The first-order valence-corrected chi connectivity index (χ1v) is 8.56. The van der Waals surface area contributed by atoms with Crippen molar-refractivity contribution in [3.05, 3.63) is 76.0 Å². The third kappa shape index (κ3) is 3.96. The van der Waals surface area contributed by atoms with Crippen LogP contribution in [0.4, 0.5) is 23.7 Å². The Labute approximate surface area is 163 Å². The average molecular weight is 410 g/mol. The predicted molar refractivity (Wildman–Crippen MR) is 98.6 cm³/mol.